The van der Waals surface area contributed by atoms with Gasteiger partial charge in [0.2, 0.25) is 0 Å². The summed E-state index contributed by atoms with van der Waals surface area (Å²) in [5.41, 5.74) is 1.16. The van der Waals surface area contributed by atoms with Gasteiger partial charge in [0.15, 0.2) is 5.82 Å². The fourth-order valence-corrected chi connectivity index (χ4v) is 3.69. The zero-order valence-corrected chi connectivity index (χ0v) is 17.8. The summed E-state index contributed by atoms with van der Waals surface area (Å²) >= 11 is 0. The largest absolute Gasteiger partial charge is 1.00 e. The number of aromatic nitrogens is 5. The smallest absolute Gasteiger partial charge is 0.169 e. The van der Waals surface area contributed by atoms with Gasteiger partial charge in [-0.05, 0) is 48.7 Å². The normalized spacial score (nSPS) is 17.7. The molecular weight excluding hydrogens is 362 g/mol. The van der Waals surface area contributed by atoms with Crippen molar-refractivity contribution in [2.45, 2.75) is 52.7 Å². The van der Waals surface area contributed by atoms with Crippen molar-refractivity contribution in [3.05, 3.63) is 35.9 Å². The first-order chi connectivity index (χ1) is 12.4. The molecule has 1 unspecified atom stereocenters. The minimum atomic E-state index is -0.117. The maximum Gasteiger partial charge on any atom is 0.169 e. The second-order valence-electron chi connectivity index (χ2n) is 8.48. The summed E-state index contributed by atoms with van der Waals surface area (Å²) in [6, 6.07) is 4.39. The fourth-order valence-electron chi connectivity index (χ4n) is 3.69. The van der Waals surface area contributed by atoms with Crippen LogP contribution in [0.4, 0.5) is 0 Å². The van der Waals surface area contributed by atoms with Crippen LogP contribution in [-0.4, -0.2) is 61.2 Å². The van der Waals surface area contributed by atoms with Crippen molar-refractivity contribution >= 4 is 0 Å². The van der Waals surface area contributed by atoms with Crippen LogP contribution in [0.1, 0.15) is 52.0 Å². The van der Waals surface area contributed by atoms with E-state index in [0.29, 0.717) is 5.92 Å². The van der Waals surface area contributed by atoms with Crippen LogP contribution < -0.4 is 12.4 Å². The van der Waals surface area contributed by atoms with E-state index in [4.69, 9.17) is 0 Å². The molecule has 3 heterocycles. The Hall–Kier alpha value is -1.57. The molecule has 0 spiro atoms. The summed E-state index contributed by atoms with van der Waals surface area (Å²) in [7, 11) is 0. The summed E-state index contributed by atoms with van der Waals surface area (Å²) in [6.07, 6.45) is 3.79. The highest BCUT2D eigenvalue weighted by molar-refractivity contribution is 5.08. The first-order valence-corrected chi connectivity index (χ1v) is 9.50. The van der Waals surface area contributed by atoms with E-state index in [2.05, 4.69) is 71.0 Å². The Morgan fingerprint density at radius 1 is 1.11 bits per heavy atom. The van der Waals surface area contributed by atoms with Gasteiger partial charge in [-0.25, -0.2) is 4.68 Å². The lowest BCUT2D eigenvalue weighted by Crippen LogP contribution is -3.00. The molecular formula is C19H31ClN7-. The van der Waals surface area contributed by atoms with Crippen LogP contribution in [0.25, 0.3) is 0 Å². The Kier molecular flexibility index (Phi) is 7.31. The maximum absolute atomic E-state index is 4.40. The molecule has 7 nitrogen and oxygen atoms in total. The summed E-state index contributed by atoms with van der Waals surface area (Å²) < 4.78 is 1.99. The minimum Gasteiger partial charge on any atom is -1.00 e. The van der Waals surface area contributed by atoms with Gasteiger partial charge in [-0.2, -0.15) is 0 Å². The van der Waals surface area contributed by atoms with E-state index in [1.165, 1.54) is 5.56 Å². The van der Waals surface area contributed by atoms with Gasteiger partial charge in [0.1, 0.15) is 0 Å². The van der Waals surface area contributed by atoms with Crippen LogP contribution in [0.15, 0.2) is 24.5 Å². The molecule has 0 saturated carbocycles. The Morgan fingerprint density at radius 3 is 2.37 bits per heavy atom. The highest BCUT2D eigenvalue weighted by atomic mass is 35.5. The summed E-state index contributed by atoms with van der Waals surface area (Å²) in [4.78, 5) is 9.26. The molecule has 0 radical (unpaired) electrons. The molecule has 150 valence electrons. The van der Waals surface area contributed by atoms with Gasteiger partial charge in [0.25, 0.3) is 0 Å². The number of rotatable bonds is 5. The van der Waals surface area contributed by atoms with Crippen molar-refractivity contribution in [3.63, 3.8) is 0 Å². The molecule has 1 saturated heterocycles. The van der Waals surface area contributed by atoms with Crippen molar-refractivity contribution in [1.29, 1.82) is 0 Å². The molecule has 0 aromatic carbocycles. The molecule has 2 aromatic rings. The Balaban J connectivity index is 0.00000261. The van der Waals surface area contributed by atoms with E-state index in [9.17, 15) is 0 Å². The number of pyridine rings is 1. The van der Waals surface area contributed by atoms with Gasteiger partial charge in [-0.15, -0.1) is 5.10 Å². The molecule has 3 rings (SSSR count). The second-order valence-corrected chi connectivity index (χ2v) is 8.48. The molecule has 1 aliphatic heterocycles. The van der Waals surface area contributed by atoms with Crippen molar-refractivity contribution in [1.82, 2.24) is 35.0 Å². The third-order valence-electron chi connectivity index (χ3n) is 4.95. The third kappa shape index (κ3) is 5.24. The topological polar surface area (TPSA) is 63.0 Å². The zero-order valence-electron chi connectivity index (χ0n) is 17.0. The molecule has 27 heavy (non-hydrogen) atoms. The van der Waals surface area contributed by atoms with Crippen LogP contribution in [0.3, 0.4) is 0 Å². The molecule has 0 aliphatic carbocycles. The third-order valence-corrected chi connectivity index (χ3v) is 4.95. The highest BCUT2D eigenvalue weighted by Gasteiger charge is 2.33. The zero-order chi connectivity index (χ0) is 18.7. The Morgan fingerprint density at radius 2 is 1.81 bits per heavy atom. The van der Waals surface area contributed by atoms with E-state index in [-0.39, 0.29) is 24.0 Å². The second kappa shape index (κ2) is 9.08. The molecule has 8 heteroatoms. The summed E-state index contributed by atoms with van der Waals surface area (Å²) in [5, 5.41) is 12.6. The van der Waals surface area contributed by atoms with Crippen molar-refractivity contribution in [2.24, 2.45) is 5.92 Å². The van der Waals surface area contributed by atoms with Crippen LogP contribution in [0.5, 0.6) is 0 Å². The number of tetrazole rings is 1. The number of hydrogen-bond acceptors (Lipinski definition) is 6. The predicted octanol–water partition coefficient (Wildman–Crippen LogP) is -0.658. The van der Waals surface area contributed by atoms with Gasteiger partial charge in [-0.3, -0.25) is 14.8 Å². The quantitative estimate of drug-likeness (QED) is 0.673. The summed E-state index contributed by atoms with van der Waals surface area (Å²) in [5.74, 6) is 1.43. The first-order valence-electron chi connectivity index (χ1n) is 9.50. The fraction of sp³-hybridized carbons (Fsp3) is 0.684. The van der Waals surface area contributed by atoms with E-state index in [1.807, 2.05) is 23.1 Å². The SMILES string of the molecule is CC(C)C(c1nnnn1C(C)(C)C)N1CCN(Cc2cccnc2)CC1.[Cl-]. The number of nitrogens with zero attached hydrogens (tertiary/aromatic N) is 7. The van der Waals surface area contributed by atoms with Gasteiger partial charge < -0.3 is 12.4 Å². The average molecular weight is 393 g/mol. The van der Waals surface area contributed by atoms with Crippen LogP contribution in [0, 0.1) is 5.92 Å². The lowest BCUT2D eigenvalue weighted by atomic mass is 9.99. The molecule has 0 N–H and O–H groups in total. The average Bonchev–Trinajstić information content (AvgIpc) is 3.07. The molecule has 0 bridgehead atoms. The Labute approximate surface area is 168 Å². The standard InChI is InChI=1S/C19H31N7.ClH/c1-15(2)17(18-21-22-23-26(18)19(3,4)5)25-11-9-24(10-12-25)14-16-7-6-8-20-13-16;/h6-8,13,15,17H,9-12,14H2,1-5H3;1H/p-1. The van der Waals surface area contributed by atoms with Gasteiger partial charge in [0.05, 0.1) is 11.6 Å². The highest BCUT2D eigenvalue weighted by Crippen LogP contribution is 2.30. The van der Waals surface area contributed by atoms with E-state index >= 15 is 0 Å². The number of hydrogen-bond donors (Lipinski definition) is 0. The lowest BCUT2D eigenvalue weighted by Gasteiger charge is -2.40. The van der Waals surface area contributed by atoms with Crippen molar-refractivity contribution in [3.8, 4) is 0 Å². The first kappa shape index (κ1) is 21.7. The van der Waals surface area contributed by atoms with Gasteiger partial charge in [0, 0.05) is 45.1 Å². The number of piperazine rings is 1. The van der Waals surface area contributed by atoms with Crippen molar-refractivity contribution in [2.75, 3.05) is 26.2 Å². The molecule has 1 fully saturated rings. The predicted molar refractivity (Wildman–Crippen MR) is 101 cm³/mol. The van der Waals surface area contributed by atoms with Crippen LogP contribution in [0.2, 0.25) is 0 Å². The van der Waals surface area contributed by atoms with Crippen LogP contribution >= 0.6 is 0 Å². The number of halogens is 1. The van der Waals surface area contributed by atoms with Gasteiger partial charge in [-0.1, -0.05) is 19.9 Å². The molecule has 1 aliphatic rings. The molecule has 0 amide bonds. The van der Waals surface area contributed by atoms with E-state index < -0.39 is 0 Å². The van der Waals surface area contributed by atoms with Crippen LogP contribution in [-0.2, 0) is 12.1 Å². The van der Waals surface area contributed by atoms with E-state index in [0.717, 1.165) is 38.5 Å². The van der Waals surface area contributed by atoms with E-state index in [1.54, 1.807) is 0 Å². The van der Waals surface area contributed by atoms with Gasteiger partial charge >= 0.3 is 0 Å². The minimum absolute atomic E-state index is 0. The molecule has 2 aromatic heterocycles. The lowest BCUT2D eigenvalue weighted by molar-refractivity contribution is -0.00000671. The summed E-state index contributed by atoms with van der Waals surface area (Å²) in [6.45, 7) is 16.1. The Bertz CT molecular complexity index is 688. The molecule has 1 atom stereocenters. The van der Waals surface area contributed by atoms with Crippen molar-refractivity contribution < 1.29 is 12.4 Å². The maximum atomic E-state index is 4.40. The monoisotopic (exact) mass is 392 g/mol.